The van der Waals surface area contributed by atoms with Crippen LogP contribution in [-0.2, 0) is 14.3 Å². The third kappa shape index (κ3) is 7.90. The SMILES string of the molecule is CCOC(=O)CCCCCCC[C@H]1CC(=O)[C@@H]2CC[C@H]([C@H](C)CCCC(C)C)[C@@]2(C)C1. The molecule has 2 saturated carbocycles. The molecule has 0 aromatic carbocycles. The number of hydrogen-bond acceptors (Lipinski definition) is 3. The molecule has 0 spiro atoms. The molecular weight excluding hydrogens is 384 g/mol. The molecule has 0 unspecified atom stereocenters. The van der Waals surface area contributed by atoms with Gasteiger partial charge in [-0.1, -0.05) is 79.1 Å². The number of ether oxygens (including phenoxy) is 1. The molecule has 3 heteroatoms. The van der Waals surface area contributed by atoms with Gasteiger partial charge in [0.05, 0.1) is 6.61 Å². The number of ketones is 1. The summed E-state index contributed by atoms with van der Waals surface area (Å²) < 4.78 is 4.99. The van der Waals surface area contributed by atoms with Crippen molar-refractivity contribution in [1.29, 1.82) is 0 Å². The van der Waals surface area contributed by atoms with Gasteiger partial charge in [-0.05, 0) is 61.7 Å². The molecule has 3 nitrogen and oxygen atoms in total. The molecule has 0 saturated heterocycles. The lowest BCUT2D eigenvalue weighted by Gasteiger charge is -2.45. The van der Waals surface area contributed by atoms with E-state index >= 15 is 0 Å². The lowest BCUT2D eigenvalue weighted by atomic mass is 9.58. The summed E-state index contributed by atoms with van der Waals surface area (Å²) in [5, 5.41) is 0. The first-order valence-corrected chi connectivity index (χ1v) is 13.5. The molecule has 5 atom stereocenters. The van der Waals surface area contributed by atoms with Crippen LogP contribution in [-0.4, -0.2) is 18.4 Å². The number of unbranched alkanes of at least 4 members (excludes halogenated alkanes) is 4. The second-order valence-electron chi connectivity index (χ2n) is 11.4. The van der Waals surface area contributed by atoms with Gasteiger partial charge in [-0.3, -0.25) is 9.59 Å². The van der Waals surface area contributed by atoms with E-state index in [1.807, 2.05) is 6.92 Å². The van der Waals surface area contributed by atoms with Crippen molar-refractivity contribution in [3.05, 3.63) is 0 Å². The fourth-order valence-electron chi connectivity index (χ4n) is 6.86. The Balaban J connectivity index is 1.74. The van der Waals surface area contributed by atoms with E-state index in [4.69, 9.17) is 4.74 Å². The molecule has 0 aromatic rings. The average molecular weight is 435 g/mol. The second kappa shape index (κ2) is 13.0. The Kier molecular flexibility index (Phi) is 11.1. The van der Waals surface area contributed by atoms with E-state index in [-0.39, 0.29) is 11.4 Å². The van der Waals surface area contributed by atoms with E-state index < -0.39 is 0 Å². The molecule has 180 valence electrons. The van der Waals surface area contributed by atoms with Crippen molar-refractivity contribution in [3.63, 3.8) is 0 Å². The Morgan fingerprint density at radius 2 is 1.74 bits per heavy atom. The predicted octanol–water partition coefficient (Wildman–Crippen LogP) is 7.75. The monoisotopic (exact) mass is 434 g/mol. The maximum Gasteiger partial charge on any atom is 0.305 e. The zero-order valence-electron chi connectivity index (χ0n) is 21.2. The molecule has 31 heavy (non-hydrogen) atoms. The van der Waals surface area contributed by atoms with E-state index in [2.05, 4.69) is 27.7 Å². The smallest absolute Gasteiger partial charge is 0.305 e. The van der Waals surface area contributed by atoms with Gasteiger partial charge in [0.1, 0.15) is 5.78 Å². The second-order valence-corrected chi connectivity index (χ2v) is 11.4. The maximum absolute atomic E-state index is 13.0. The molecule has 2 rings (SSSR count). The predicted molar refractivity (Wildman–Crippen MR) is 129 cm³/mol. The van der Waals surface area contributed by atoms with Crippen molar-refractivity contribution in [1.82, 2.24) is 0 Å². The first kappa shape index (κ1) is 26.4. The zero-order chi connectivity index (χ0) is 22.9. The Bertz CT molecular complexity index is 554. The standard InChI is InChI=1S/C28H50O3/c1-6-31-27(30)16-11-9-7-8-10-15-23-19-26(29)25-18-17-24(28(25,5)20-23)22(4)14-12-13-21(2)3/h21-25H,6-20H2,1-5H3/t22-,23+,24-,25+,28-/m1/s1. The highest BCUT2D eigenvalue weighted by atomic mass is 16.5. The fraction of sp³-hybridized carbons (Fsp3) is 0.929. The summed E-state index contributed by atoms with van der Waals surface area (Å²) in [6.45, 7) is 11.9. The Hall–Kier alpha value is -0.860. The van der Waals surface area contributed by atoms with Gasteiger partial charge in [0.2, 0.25) is 0 Å². The lowest BCUT2D eigenvalue weighted by molar-refractivity contribution is -0.143. The number of carbonyl (C=O) groups is 2. The van der Waals surface area contributed by atoms with Crippen LogP contribution in [0.25, 0.3) is 0 Å². The first-order valence-electron chi connectivity index (χ1n) is 13.5. The third-order valence-corrected chi connectivity index (χ3v) is 8.44. The van der Waals surface area contributed by atoms with Crippen molar-refractivity contribution in [2.75, 3.05) is 6.61 Å². The summed E-state index contributed by atoms with van der Waals surface area (Å²) in [5.41, 5.74) is 0.247. The summed E-state index contributed by atoms with van der Waals surface area (Å²) in [5.74, 6) is 3.73. The molecule has 0 N–H and O–H groups in total. The van der Waals surface area contributed by atoms with Crippen LogP contribution in [0, 0.1) is 35.0 Å². The molecular formula is C28H50O3. The van der Waals surface area contributed by atoms with Crippen LogP contribution in [0.3, 0.4) is 0 Å². The Morgan fingerprint density at radius 1 is 1.03 bits per heavy atom. The number of hydrogen-bond donors (Lipinski definition) is 0. The summed E-state index contributed by atoms with van der Waals surface area (Å²) in [6, 6.07) is 0. The molecule has 0 bridgehead atoms. The zero-order valence-corrected chi connectivity index (χ0v) is 21.2. The van der Waals surface area contributed by atoms with Gasteiger partial charge < -0.3 is 4.74 Å². The van der Waals surface area contributed by atoms with Crippen LogP contribution >= 0.6 is 0 Å². The maximum atomic E-state index is 13.0. The highest BCUT2D eigenvalue weighted by molar-refractivity contribution is 5.83. The van der Waals surface area contributed by atoms with Gasteiger partial charge in [0.15, 0.2) is 0 Å². The molecule has 2 aliphatic rings. The van der Waals surface area contributed by atoms with Gasteiger partial charge in [0, 0.05) is 18.8 Å². The van der Waals surface area contributed by atoms with Gasteiger partial charge in [-0.25, -0.2) is 0 Å². The normalized spacial score (nSPS) is 29.2. The van der Waals surface area contributed by atoms with Gasteiger partial charge >= 0.3 is 5.97 Å². The number of esters is 1. The topological polar surface area (TPSA) is 43.4 Å². The summed E-state index contributed by atoms with van der Waals surface area (Å²) >= 11 is 0. The van der Waals surface area contributed by atoms with Crippen LogP contribution in [0.4, 0.5) is 0 Å². The molecule has 0 radical (unpaired) electrons. The van der Waals surface area contributed by atoms with E-state index in [0.29, 0.717) is 30.6 Å². The van der Waals surface area contributed by atoms with E-state index in [9.17, 15) is 9.59 Å². The van der Waals surface area contributed by atoms with E-state index in [1.165, 1.54) is 57.8 Å². The first-order chi connectivity index (χ1) is 14.8. The van der Waals surface area contributed by atoms with Crippen LogP contribution in [0.2, 0.25) is 0 Å². The molecule has 2 aliphatic carbocycles. The number of carbonyl (C=O) groups excluding carboxylic acids is 2. The van der Waals surface area contributed by atoms with Gasteiger partial charge in [0.25, 0.3) is 0 Å². The van der Waals surface area contributed by atoms with Crippen molar-refractivity contribution in [3.8, 4) is 0 Å². The largest absolute Gasteiger partial charge is 0.466 e. The fourth-order valence-corrected chi connectivity index (χ4v) is 6.86. The summed E-state index contributed by atoms with van der Waals surface area (Å²) in [7, 11) is 0. The van der Waals surface area contributed by atoms with Crippen molar-refractivity contribution >= 4 is 11.8 Å². The molecule has 0 heterocycles. The van der Waals surface area contributed by atoms with Crippen molar-refractivity contribution < 1.29 is 14.3 Å². The summed E-state index contributed by atoms with van der Waals surface area (Å²) in [4.78, 5) is 24.4. The van der Waals surface area contributed by atoms with Crippen LogP contribution < -0.4 is 0 Å². The highest BCUT2D eigenvalue weighted by Crippen LogP contribution is 2.58. The van der Waals surface area contributed by atoms with E-state index in [1.54, 1.807) is 0 Å². The Labute approximate surface area is 192 Å². The minimum atomic E-state index is -0.0597. The van der Waals surface area contributed by atoms with E-state index in [0.717, 1.165) is 43.4 Å². The highest BCUT2D eigenvalue weighted by Gasteiger charge is 2.54. The molecule has 0 aliphatic heterocycles. The lowest BCUT2D eigenvalue weighted by Crippen LogP contribution is -2.42. The Morgan fingerprint density at radius 3 is 2.45 bits per heavy atom. The minimum absolute atomic E-state index is 0.0597. The molecule has 0 aromatic heterocycles. The van der Waals surface area contributed by atoms with Gasteiger partial charge in [-0.2, -0.15) is 0 Å². The van der Waals surface area contributed by atoms with Gasteiger partial charge in [-0.15, -0.1) is 0 Å². The van der Waals surface area contributed by atoms with Crippen LogP contribution in [0.1, 0.15) is 125 Å². The average Bonchev–Trinajstić information content (AvgIpc) is 3.04. The number of fused-ring (bicyclic) bond motifs is 1. The molecule has 0 amide bonds. The summed E-state index contributed by atoms with van der Waals surface area (Å²) in [6.07, 6.45) is 16.0. The van der Waals surface area contributed by atoms with Crippen molar-refractivity contribution in [2.24, 2.45) is 35.0 Å². The quantitative estimate of drug-likeness (QED) is 0.207. The number of Topliss-reactive ketones (excluding diaryl/α,β-unsaturated/α-hetero) is 1. The van der Waals surface area contributed by atoms with Crippen LogP contribution in [0.5, 0.6) is 0 Å². The number of rotatable bonds is 14. The van der Waals surface area contributed by atoms with Crippen molar-refractivity contribution in [2.45, 2.75) is 125 Å². The third-order valence-electron chi connectivity index (χ3n) is 8.44. The molecule has 2 fully saturated rings. The van der Waals surface area contributed by atoms with Crippen LogP contribution in [0.15, 0.2) is 0 Å². The minimum Gasteiger partial charge on any atom is -0.466 e.